The van der Waals surface area contributed by atoms with Gasteiger partial charge in [-0.2, -0.15) is 5.10 Å². The number of nitrogens with one attached hydrogen (secondary N) is 1. The van der Waals surface area contributed by atoms with E-state index in [2.05, 4.69) is 24.7 Å². The molecule has 0 saturated heterocycles. The van der Waals surface area contributed by atoms with Crippen molar-refractivity contribution in [2.24, 2.45) is 0 Å². The largest absolute Gasteiger partial charge is 0.573 e. The molecule has 0 saturated carbocycles. The van der Waals surface area contributed by atoms with E-state index in [9.17, 15) is 31.1 Å². The number of hydrogen-bond acceptors (Lipinski definition) is 5. The van der Waals surface area contributed by atoms with Crippen LogP contribution in [-0.4, -0.2) is 32.5 Å². The highest BCUT2D eigenvalue weighted by Crippen LogP contribution is 2.29. The second-order valence-electron chi connectivity index (χ2n) is 7.85. The first-order valence-corrected chi connectivity index (χ1v) is 10.6. The smallest absolute Gasteiger partial charge is 0.406 e. The number of hydrogen-bond donors (Lipinski definition) is 1. The molecule has 3 heterocycles. The minimum absolute atomic E-state index is 0.0816. The predicted molar refractivity (Wildman–Crippen MR) is 120 cm³/mol. The van der Waals surface area contributed by atoms with Crippen LogP contribution in [0.4, 0.5) is 26.3 Å². The van der Waals surface area contributed by atoms with Crippen LogP contribution in [0.5, 0.6) is 11.5 Å². The van der Waals surface area contributed by atoms with Gasteiger partial charge in [-0.15, -0.1) is 26.3 Å². The first-order valence-electron chi connectivity index (χ1n) is 10.6. The predicted octanol–water partition coefficient (Wildman–Crippen LogP) is 5.65. The van der Waals surface area contributed by atoms with Crippen LogP contribution in [0.3, 0.4) is 0 Å². The molecule has 3 aromatic heterocycles. The van der Waals surface area contributed by atoms with Gasteiger partial charge in [0.15, 0.2) is 0 Å². The molecular formula is C24H14F6N4O3. The number of aromatic nitrogens is 4. The molecule has 5 rings (SSSR count). The van der Waals surface area contributed by atoms with E-state index in [0.29, 0.717) is 22.2 Å². The molecule has 0 aliphatic heterocycles. The van der Waals surface area contributed by atoms with Crippen molar-refractivity contribution < 1.29 is 35.8 Å². The lowest BCUT2D eigenvalue weighted by molar-refractivity contribution is -0.275. The third-order valence-electron chi connectivity index (χ3n) is 5.36. The van der Waals surface area contributed by atoms with E-state index in [1.807, 2.05) is 0 Å². The number of aromatic amines is 1. The van der Waals surface area contributed by atoms with Crippen molar-refractivity contribution in [1.29, 1.82) is 0 Å². The van der Waals surface area contributed by atoms with Crippen LogP contribution in [0.15, 0.2) is 71.7 Å². The standard InChI is InChI=1S/C24H14F6N4O3/c25-23(26,27)36-15-8-6-13(7-9-15)11-18-19-20(33-32-18)17-5-2-10-31-21(17)34(22(19)35)14-3-1-4-16(12-14)37-24(28,29)30/h1-10,12H,11H2,(H,32,33). The SMILES string of the molecule is O=c1c2c(Cc3ccc(OC(F)(F)F)cc3)[nH]nc2c2cccnc2n1-c1cccc(OC(F)(F)F)c1. The number of halogens is 6. The molecule has 190 valence electrons. The molecule has 0 atom stereocenters. The summed E-state index contributed by atoms with van der Waals surface area (Å²) in [4.78, 5) is 17.9. The van der Waals surface area contributed by atoms with E-state index in [1.54, 1.807) is 12.1 Å². The van der Waals surface area contributed by atoms with Crippen molar-refractivity contribution in [3.05, 3.63) is 88.5 Å². The number of nitrogens with zero attached hydrogens (tertiary/aromatic N) is 3. The summed E-state index contributed by atoms with van der Waals surface area (Å²) in [6.07, 6.45) is -8.23. The molecule has 7 nitrogen and oxygen atoms in total. The van der Waals surface area contributed by atoms with Gasteiger partial charge >= 0.3 is 12.7 Å². The molecule has 0 bridgehead atoms. The normalized spacial score (nSPS) is 12.3. The van der Waals surface area contributed by atoms with Gasteiger partial charge < -0.3 is 9.47 Å². The highest BCUT2D eigenvalue weighted by molar-refractivity contribution is 6.03. The summed E-state index contributed by atoms with van der Waals surface area (Å²) in [6.45, 7) is 0. The fraction of sp³-hybridized carbons (Fsp3) is 0.125. The van der Waals surface area contributed by atoms with Gasteiger partial charge in [0.05, 0.1) is 16.8 Å². The van der Waals surface area contributed by atoms with Gasteiger partial charge in [0, 0.05) is 24.1 Å². The molecule has 0 aliphatic rings. The minimum atomic E-state index is -4.92. The Kier molecular flexibility index (Phi) is 5.77. The van der Waals surface area contributed by atoms with Gasteiger partial charge in [-0.25, -0.2) is 4.98 Å². The Morgan fingerprint density at radius 1 is 0.865 bits per heavy atom. The quantitative estimate of drug-likeness (QED) is 0.303. The number of fused-ring (bicyclic) bond motifs is 3. The van der Waals surface area contributed by atoms with Gasteiger partial charge in [-0.3, -0.25) is 14.5 Å². The number of H-pyrrole nitrogens is 1. The number of pyridine rings is 2. The second-order valence-corrected chi connectivity index (χ2v) is 7.85. The molecule has 0 unspecified atom stereocenters. The lowest BCUT2D eigenvalue weighted by Gasteiger charge is -2.13. The van der Waals surface area contributed by atoms with Crippen molar-refractivity contribution >= 4 is 21.9 Å². The zero-order valence-electron chi connectivity index (χ0n) is 18.4. The maximum atomic E-state index is 13.7. The summed E-state index contributed by atoms with van der Waals surface area (Å²) in [6, 6.07) is 13.3. The Morgan fingerprint density at radius 3 is 2.27 bits per heavy atom. The van der Waals surface area contributed by atoms with Gasteiger partial charge in [0.2, 0.25) is 0 Å². The van der Waals surface area contributed by atoms with Crippen molar-refractivity contribution in [3.63, 3.8) is 0 Å². The Bertz CT molecular complexity index is 1660. The molecule has 37 heavy (non-hydrogen) atoms. The average molecular weight is 520 g/mol. The molecule has 0 fully saturated rings. The van der Waals surface area contributed by atoms with Crippen LogP contribution in [-0.2, 0) is 6.42 Å². The zero-order chi connectivity index (χ0) is 26.4. The Labute approximate surface area is 202 Å². The fourth-order valence-corrected chi connectivity index (χ4v) is 3.97. The van der Waals surface area contributed by atoms with Gasteiger partial charge in [0.1, 0.15) is 22.7 Å². The highest BCUT2D eigenvalue weighted by Gasteiger charge is 2.32. The summed E-state index contributed by atoms with van der Waals surface area (Å²) >= 11 is 0. The maximum absolute atomic E-state index is 13.7. The molecular weight excluding hydrogens is 506 g/mol. The lowest BCUT2D eigenvalue weighted by atomic mass is 10.1. The van der Waals surface area contributed by atoms with E-state index < -0.39 is 29.8 Å². The molecule has 0 amide bonds. The highest BCUT2D eigenvalue weighted by atomic mass is 19.4. The van der Waals surface area contributed by atoms with Crippen LogP contribution in [0.2, 0.25) is 0 Å². The van der Waals surface area contributed by atoms with Crippen LogP contribution < -0.4 is 15.0 Å². The summed E-state index contributed by atoms with van der Waals surface area (Å²) in [5, 5.41) is 7.64. The zero-order valence-corrected chi connectivity index (χ0v) is 18.4. The van der Waals surface area contributed by atoms with Crippen LogP contribution in [0, 0.1) is 0 Å². The molecule has 13 heteroatoms. The van der Waals surface area contributed by atoms with E-state index in [1.165, 1.54) is 30.5 Å². The minimum Gasteiger partial charge on any atom is -0.406 e. The molecule has 5 aromatic rings. The third-order valence-corrected chi connectivity index (χ3v) is 5.36. The van der Waals surface area contributed by atoms with Crippen molar-refractivity contribution in [2.45, 2.75) is 19.1 Å². The average Bonchev–Trinajstić information content (AvgIpc) is 3.23. The molecule has 1 N–H and O–H groups in total. The van der Waals surface area contributed by atoms with E-state index >= 15 is 0 Å². The van der Waals surface area contributed by atoms with Gasteiger partial charge in [-0.1, -0.05) is 18.2 Å². The number of rotatable bonds is 5. The second kappa shape index (κ2) is 8.84. The van der Waals surface area contributed by atoms with Crippen molar-refractivity contribution in [1.82, 2.24) is 19.7 Å². The first kappa shape index (κ1) is 24.2. The first-order chi connectivity index (χ1) is 17.5. The summed E-state index contributed by atoms with van der Waals surface area (Å²) in [7, 11) is 0. The topological polar surface area (TPSA) is 82.0 Å². The van der Waals surface area contributed by atoms with Crippen LogP contribution >= 0.6 is 0 Å². The van der Waals surface area contributed by atoms with Gasteiger partial charge in [-0.05, 0) is 42.0 Å². The monoisotopic (exact) mass is 520 g/mol. The fourth-order valence-electron chi connectivity index (χ4n) is 3.97. The molecule has 2 aromatic carbocycles. The van der Waals surface area contributed by atoms with Crippen LogP contribution in [0.25, 0.3) is 27.6 Å². The van der Waals surface area contributed by atoms with E-state index in [0.717, 1.165) is 28.8 Å². The molecule has 0 spiro atoms. The van der Waals surface area contributed by atoms with Crippen molar-refractivity contribution in [2.75, 3.05) is 0 Å². The number of benzene rings is 2. The van der Waals surface area contributed by atoms with Crippen molar-refractivity contribution in [3.8, 4) is 17.2 Å². The van der Waals surface area contributed by atoms with Gasteiger partial charge in [0.25, 0.3) is 5.56 Å². The summed E-state index contributed by atoms with van der Waals surface area (Å²) in [5.74, 6) is -0.916. The van der Waals surface area contributed by atoms with E-state index in [-0.39, 0.29) is 23.1 Å². The molecule has 0 aliphatic carbocycles. The Hall–Kier alpha value is -4.55. The maximum Gasteiger partial charge on any atom is 0.573 e. The Balaban J connectivity index is 1.62. The molecule has 0 radical (unpaired) electrons. The lowest BCUT2D eigenvalue weighted by Crippen LogP contribution is -2.21. The summed E-state index contributed by atoms with van der Waals surface area (Å²) < 4.78 is 84.6. The number of alkyl halides is 6. The number of ether oxygens (including phenoxy) is 2. The third kappa shape index (κ3) is 5.06. The summed E-state index contributed by atoms with van der Waals surface area (Å²) in [5.41, 5.74) is 0.837. The Morgan fingerprint density at radius 2 is 1.57 bits per heavy atom. The van der Waals surface area contributed by atoms with E-state index in [4.69, 9.17) is 0 Å². The van der Waals surface area contributed by atoms with Crippen LogP contribution in [0.1, 0.15) is 11.3 Å².